The van der Waals surface area contributed by atoms with E-state index in [-0.39, 0.29) is 0 Å². The summed E-state index contributed by atoms with van der Waals surface area (Å²) in [6, 6.07) is 15.9. The number of aliphatic hydroxyl groups is 3. The Labute approximate surface area is 165 Å². The summed E-state index contributed by atoms with van der Waals surface area (Å²) in [6.07, 6.45) is -3.79. The number of hydrogen-bond acceptors (Lipinski definition) is 6. The van der Waals surface area contributed by atoms with Gasteiger partial charge in [0.05, 0.1) is 0 Å². The molecule has 6 nitrogen and oxygen atoms in total. The number of methoxy groups -OCH3 is 2. The molecule has 6 heteroatoms. The highest BCUT2D eigenvalue weighted by molar-refractivity contribution is 5.34. The molecule has 0 bridgehead atoms. The summed E-state index contributed by atoms with van der Waals surface area (Å²) < 4.78 is 16.4. The first-order chi connectivity index (χ1) is 13.4. The molecule has 1 aliphatic heterocycles. The maximum Gasteiger partial charge on any atom is 0.226 e. The van der Waals surface area contributed by atoms with Gasteiger partial charge in [-0.25, -0.2) is 0 Å². The van der Waals surface area contributed by atoms with Gasteiger partial charge in [0.15, 0.2) is 6.29 Å². The van der Waals surface area contributed by atoms with E-state index in [1.807, 2.05) is 18.2 Å². The molecule has 0 spiro atoms. The number of benzene rings is 2. The van der Waals surface area contributed by atoms with Crippen LogP contribution in [-0.4, -0.2) is 54.1 Å². The maximum absolute atomic E-state index is 10.6. The van der Waals surface area contributed by atoms with E-state index in [2.05, 4.69) is 31.2 Å². The van der Waals surface area contributed by atoms with E-state index in [4.69, 9.17) is 14.2 Å². The quantitative estimate of drug-likeness (QED) is 0.699. The van der Waals surface area contributed by atoms with E-state index in [9.17, 15) is 15.3 Å². The summed E-state index contributed by atoms with van der Waals surface area (Å²) in [5.74, 6) is -1.65. The van der Waals surface area contributed by atoms with Crippen molar-refractivity contribution in [2.75, 3.05) is 14.2 Å². The fraction of sp³-hybridized carbons (Fsp3) is 0.455. The summed E-state index contributed by atoms with van der Waals surface area (Å²) in [5, 5.41) is 31.0. The number of hydrogen-bond donors (Lipinski definition) is 3. The normalized spacial score (nSPS) is 30.4. The van der Waals surface area contributed by atoms with Gasteiger partial charge in [0.25, 0.3) is 0 Å². The van der Waals surface area contributed by atoms with Gasteiger partial charge in [-0.05, 0) is 35.6 Å². The highest BCUT2D eigenvalue weighted by Crippen LogP contribution is 2.39. The fourth-order valence-electron chi connectivity index (χ4n) is 3.62. The smallest absolute Gasteiger partial charge is 0.226 e. The van der Waals surface area contributed by atoms with Crippen LogP contribution in [0.15, 0.2) is 48.5 Å². The van der Waals surface area contributed by atoms with Crippen molar-refractivity contribution in [1.82, 2.24) is 0 Å². The molecular weight excluding hydrogens is 360 g/mol. The standard InChI is InChI=1S/C22H28O6/c1-4-14-8-10-15(11-9-14)12-16-6-5-7-17(13-16)22(27-3)20(25)18(23)19(24)21(26-2)28-22/h5-11,13,18-21,23-25H,4,12H2,1-3H3/t18-,19-,20+,21-,22?/m0/s1. The van der Waals surface area contributed by atoms with Crippen LogP contribution in [0.3, 0.4) is 0 Å². The molecule has 2 aromatic rings. The summed E-state index contributed by atoms with van der Waals surface area (Å²) in [5.41, 5.74) is 3.99. The molecule has 28 heavy (non-hydrogen) atoms. The molecule has 0 aromatic heterocycles. The predicted octanol–water partition coefficient (Wildman–Crippen LogP) is 1.72. The SMILES string of the molecule is CCc1ccc(Cc2cccc(C3(OC)O[C@H](OC)[C@@H](O)[C@H](O)[C@H]3O)c2)cc1. The monoisotopic (exact) mass is 388 g/mol. The Morgan fingerprint density at radius 2 is 1.61 bits per heavy atom. The third-order valence-electron chi connectivity index (χ3n) is 5.34. The molecule has 0 aliphatic carbocycles. The Morgan fingerprint density at radius 1 is 0.929 bits per heavy atom. The summed E-state index contributed by atoms with van der Waals surface area (Å²) >= 11 is 0. The zero-order chi connectivity index (χ0) is 20.3. The van der Waals surface area contributed by atoms with Crippen molar-refractivity contribution in [3.63, 3.8) is 0 Å². The first kappa shape index (κ1) is 20.9. The lowest BCUT2D eigenvalue weighted by Crippen LogP contribution is -2.63. The van der Waals surface area contributed by atoms with Gasteiger partial charge in [-0.2, -0.15) is 0 Å². The first-order valence-electron chi connectivity index (χ1n) is 9.42. The van der Waals surface area contributed by atoms with Crippen molar-refractivity contribution >= 4 is 0 Å². The van der Waals surface area contributed by atoms with E-state index < -0.39 is 30.4 Å². The van der Waals surface area contributed by atoms with E-state index in [0.717, 1.165) is 17.5 Å². The molecule has 1 saturated heterocycles. The van der Waals surface area contributed by atoms with Gasteiger partial charge in [-0.1, -0.05) is 49.4 Å². The molecule has 5 atom stereocenters. The first-order valence-corrected chi connectivity index (χ1v) is 9.42. The minimum atomic E-state index is -1.65. The second kappa shape index (κ2) is 8.69. The van der Waals surface area contributed by atoms with Crippen molar-refractivity contribution in [2.45, 2.75) is 50.2 Å². The van der Waals surface area contributed by atoms with Crippen LogP contribution in [0.1, 0.15) is 29.2 Å². The highest BCUT2D eigenvalue weighted by Gasteiger charge is 2.55. The molecule has 1 unspecified atom stereocenters. The van der Waals surface area contributed by atoms with Crippen LogP contribution in [-0.2, 0) is 32.8 Å². The minimum absolute atomic E-state index is 0.540. The molecule has 0 saturated carbocycles. The number of aryl methyl sites for hydroxylation is 1. The van der Waals surface area contributed by atoms with Crippen LogP contribution in [0.4, 0.5) is 0 Å². The third-order valence-corrected chi connectivity index (χ3v) is 5.34. The molecule has 3 N–H and O–H groups in total. The van der Waals surface area contributed by atoms with Crippen molar-refractivity contribution in [3.8, 4) is 0 Å². The Kier molecular flexibility index (Phi) is 6.50. The van der Waals surface area contributed by atoms with Gasteiger partial charge in [-0.3, -0.25) is 0 Å². The minimum Gasteiger partial charge on any atom is -0.387 e. The molecule has 152 valence electrons. The number of rotatable bonds is 6. The van der Waals surface area contributed by atoms with Crippen LogP contribution in [0.5, 0.6) is 0 Å². The molecular formula is C22H28O6. The summed E-state index contributed by atoms with van der Waals surface area (Å²) in [4.78, 5) is 0. The maximum atomic E-state index is 10.6. The molecule has 2 aromatic carbocycles. The van der Waals surface area contributed by atoms with Crippen LogP contribution in [0.25, 0.3) is 0 Å². The van der Waals surface area contributed by atoms with Crippen LogP contribution >= 0.6 is 0 Å². The molecule has 1 heterocycles. The van der Waals surface area contributed by atoms with Crippen molar-refractivity contribution in [1.29, 1.82) is 0 Å². The Hall–Kier alpha value is -1.80. The van der Waals surface area contributed by atoms with E-state index in [0.29, 0.717) is 12.0 Å². The predicted molar refractivity (Wildman–Crippen MR) is 104 cm³/mol. The van der Waals surface area contributed by atoms with E-state index >= 15 is 0 Å². The van der Waals surface area contributed by atoms with Crippen LogP contribution < -0.4 is 0 Å². The van der Waals surface area contributed by atoms with Gasteiger partial charge < -0.3 is 29.5 Å². The molecule has 0 radical (unpaired) electrons. The number of ether oxygens (including phenoxy) is 3. The lowest BCUT2D eigenvalue weighted by molar-refractivity contribution is -0.401. The van der Waals surface area contributed by atoms with Crippen LogP contribution in [0, 0.1) is 0 Å². The van der Waals surface area contributed by atoms with Gasteiger partial charge in [0, 0.05) is 19.8 Å². The Bertz CT molecular complexity index is 775. The average Bonchev–Trinajstić information content (AvgIpc) is 2.73. The number of aliphatic hydroxyl groups excluding tert-OH is 3. The highest BCUT2D eigenvalue weighted by atomic mass is 16.8. The van der Waals surface area contributed by atoms with Crippen molar-refractivity contribution in [3.05, 3.63) is 70.8 Å². The average molecular weight is 388 g/mol. The topological polar surface area (TPSA) is 88.4 Å². The molecule has 0 amide bonds. The molecule has 1 aliphatic rings. The second-order valence-electron chi connectivity index (χ2n) is 7.07. The largest absolute Gasteiger partial charge is 0.387 e. The summed E-state index contributed by atoms with van der Waals surface area (Å²) in [7, 11) is 2.74. The fourth-order valence-corrected chi connectivity index (χ4v) is 3.62. The van der Waals surface area contributed by atoms with E-state index in [1.54, 1.807) is 6.07 Å². The Morgan fingerprint density at radius 3 is 2.21 bits per heavy atom. The van der Waals surface area contributed by atoms with Crippen LogP contribution in [0.2, 0.25) is 0 Å². The molecule has 3 rings (SSSR count). The summed E-state index contributed by atoms with van der Waals surface area (Å²) in [6.45, 7) is 2.12. The zero-order valence-corrected chi connectivity index (χ0v) is 16.4. The van der Waals surface area contributed by atoms with Gasteiger partial charge in [0.1, 0.15) is 18.3 Å². The molecule has 1 fully saturated rings. The van der Waals surface area contributed by atoms with Gasteiger partial charge >= 0.3 is 0 Å². The van der Waals surface area contributed by atoms with Crippen molar-refractivity contribution < 1.29 is 29.5 Å². The third kappa shape index (κ3) is 3.85. The second-order valence-corrected chi connectivity index (χ2v) is 7.07. The van der Waals surface area contributed by atoms with Gasteiger partial charge in [0.2, 0.25) is 5.79 Å². The lowest BCUT2D eigenvalue weighted by atomic mass is 9.88. The van der Waals surface area contributed by atoms with Crippen molar-refractivity contribution in [2.24, 2.45) is 0 Å². The van der Waals surface area contributed by atoms with Gasteiger partial charge in [-0.15, -0.1) is 0 Å². The zero-order valence-electron chi connectivity index (χ0n) is 16.4. The lowest BCUT2D eigenvalue weighted by Gasteiger charge is -2.47. The Balaban J connectivity index is 1.91. The van der Waals surface area contributed by atoms with E-state index in [1.165, 1.54) is 19.8 Å².